The summed E-state index contributed by atoms with van der Waals surface area (Å²) in [7, 11) is 0. The van der Waals surface area contributed by atoms with Gasteiger partial charge in [0.05, 0.1) is 23.4 Å². The van der Waals surface area contributed by atoms with Gasteiger partial charge in [-0.2, -0.15) is 5.10 Å². The van der Waals surface area contributed by atoms with Crippen LogP contribution in [0.4, 0.5) is 15.0 Å². The third kappa shape index (κ3) is 5.66. The van der Waals surface area contributed by atoms with E-state index in [1.54, 1.807) is 24.1 Å². The van der Waals surface area contributed by atoms with Crippen molar-refractivity contribution < 1.29 is 28.4 Å². The smallest absolute Gasteiger partial charge is 0.409 e. The molecule has 1 aliphatic rings. The summed E-state index contributed by atoms with van der Waals surface area (Å²) in [5.74, 6) is -0.0897. The van der Waals surface area contributed by atoms with E-state index in [0.29, 0.717) is 24.4 Å². The number of pyridine rings is 1. The largest absolute Gasteiger partial charge is 0.482 e. The number of halogens is 3. The van der Waals surface area contributed by atoms with E-state index in [0.717, 1.165) is 24.0 Å². The molecule has 12 heteroatoms. The number of benzene rings is 1. The highest BCUT2D eigenvalue weighted by atomic mass is 35.5. The summed E-state index contributed by atoms with van der Waals surface area (Å²) in [6.45, 7) is 2.62. The fourth-order valence-electron chi connectivity index (χ4n) is 4.16. The van der Waals surface area contributed by atoms with Crippen molar-refractivity contribution in [3.63, 3.8) is 0 Å². The number of nitrogens with two attached hydrogens (primary N) is 1. The molecule has 2 aromatic heterocycles. The topological polar surface area (TPSA) is 118 Å². The van der Waals surface area contributed by atoms with Crippen molar-refractivity contribution in [3.05, 3.63) is 58.2 Å². The van der Waals surface area contributed by atoms with E-state index in [-0.39, 0.29) is 35.1 Å². The lowest BCUT2D eigenvalue weighted by atomic mass is 10.1. The first-order valence-corrected chi connectivity index (χ1v) is 12.2. The van der Waals surface area contributed by atoms with Crippen LogP contribution in [0.5, 0.6) is 5.75 Å². The molecule has 36 heavy (non-hydrogen) atoms. The number of carbonyl (C=O) groups is 1. The van der Waals surface area contributed by atoms with Gasteiger partial charge in [0.1, 0.15) is 18.5 Å². The van der Waals surface area contributed by atoms with Gasteiger partial charge in [0.25, 0.3) is 0 Å². The highest BCUT2D eigenvalue weighted by Crippen LogP contribution is 2.37. The third-order valence-corrected chi connectivity index (χ3v) is 6.80. The zero-order valence-corrected chi connectivity index (χ0v) is 21.1. The van der Waals surface area contributed by atoms with Crippen LogP contribution < -0.4 is 15.2 Å². The Labute approximate surface area is 217 Å². The second-order valence-corrected chi connectivity index (χ2v) is 9.23. The first-order chi connectivity index (χ1) is 17.3. The number of ether oxygens (including phenoxy) is 2. The molecule has 3 heterocycles. The monoisotopic (exact) mass is 538 g/mol. The molecule has 192 valence electrons. The standard InChI is InChI=1S/C24H26Cl2FN5O4/c1-14(21-18(25)2-3-19(27)22(21)26)36-20-10-15(11-29-23(20)28)16-12-30-32(13-16)17-4-6-31(7-5-17)24(34)35-9-8-33/h2-3,10-14,17,33H,4-9H2,1H3,(H2,28,29)/p+1. The van der Waals surface area contributed by atoms with Gasteiger partial charge in [-0.05, 0) is 25.1 Å². The SMILES string of the molecule is CC(Oc1cc(-c2c[nH][n+](C3CCN(C(=O)OCCO)CC3)c2)cnc1N)c1c(Cl)ccc(F)c1Cl. The second kappa shape index (κ2) is 11.3. The molecule has 0 bridgehead atoms. The van der Waals surface area contributed by atoms with Crippen molar-refractivity contribution in [2.75, 3.05) is 32.0 Å². The maximum Gasteiger partial charge on any atom is 0.409 e. The zero-order chi connectivity index (χ0) is 25.8. The fraction of sp³-hybridized carbons (Fsp3) is 0.375. The molecule has 3 aromatic rings. The van der Waals surface area contributed by atoms with E-state index >= 15 is 0 Å². The molecule has 0 saturated carbocycles. The summed E-state index contributed by atoms with van der Waals surface area (Å²) in [6, 6.07) is 4.56. The maximum atomic E-state index is 14.0. The van der Waals surface area contributed by atoms with Gasteiger partial charge in [-0.1, -0.05) is 23.2 Å². The van der Waals surface area contributed by atoms with Gasteiger partial charge < -0.3 is 25.2 Å². The number of H-pyrrole nitrogens is 1. The summed E-state index contributed by atoms with van der Waals surface area (Å²) in [6.07, 6.45) is 5.87. The summed E-state index contributed by atoms with van der Waals surface area (Å²) in [4.78, 5) is 17.9. The van der Waals surface area contributed by atoms with Gasteiger partial charge in [-0.15, -0.1) is 4.68 Å². The number of hydrogen-bond donors (Lipinski definition) is 3. The van der Waals surface area contributed by atoms with Gasteiger partial charge in [0, 0.05) is 48.3 Å². The predicted molar refractivity (Wildman–Crippen MR) is 132 cm³/mol. The predicted octanol–water partition coefficient (Wildman–Crippen LogP) is 4.30. The van der Waals surface area contributed by atoms with Crippen molar-refractivity contribution in [2.24, 2.45) is 0 Å². The zero-order valence-electron chi connectivity index (χ0n) is 19.6. The van der Waals surface area contributed by atoms with E-state index in [9.17, 15) is 9.18 Å². The van der Waals surface area contributed by atoms with Gasteiger partial charge >= 0.3 is 6.09 Å². The van der Waals surface area contributed by atoms with E-state index < -0.39 is 18.0 Å². The number of aromatic nitrogens is 3. The molecule has 0 aliphatic carbocycles. The highest BCUT2D eigenvalue weighted by molar-refractivity contribution is 6.36. The summed E-state index contributed by atoms with van der Waals surface area (Å²) >= 11 is 12.4. The van der Waals surface area contributed by atoms with Crippen LogP contribution in [0.2, 0.25) is 10.0 Å². The average Bonchev–Trinajstić information content (AvgIpc) is 3.37. The Kier molecular flexibility index (Phi) is 8.17. The maximum absolute atomic E-state index is 14.0. The molecule has 1 aliphatic heterocycles. The third-order valence-electron chi connectivity index (χ3n) is 6.09. The number of rotatable bonds is 7. The first-order valence-electron chi connectivity index (χ1n) is 11.5. The number of anilines is 1. The van der Waals surface area contributed by atoms with Crippen LogP contribution in [0.15, 0.2) is 36.8 Å². The molecule has 4 N–H and O–H groups in total. The molecular formula is C24H27Cl2FN5O4+. The minimum Gasteiger partial charge on any atom is -0.482 e. The number of hydrogen-bond acceptors (Lipinski definition) is 6. The molecule has 0 spiro atoms. The molecule has 4 rings (SSSR count). The van der Waals surface area contributed by atoms with Gasteiger partial charge in [-0.3, -0.25) is 0 Å². The molecule has 1 atom stereocenters. The Morgan fingerprint density at radius 3 is 2.83 bits per heavy atom. The van der Waals surface area contributed by atoms with E-state index in [4.69, 9.17) is 43.5 Å². The Morgan fingerprint density at radius 2 is 2.11 bits per heavy atom. The molecule has 1 amide bonds. The van der Waals surface area contributed by atoms with Gasteiger partial charge in [-0.25, -0.2) is 14.2 Å². The number of nitrogens with one attached hydrogen (secondary N) is 1. The van der Waals surface area contributed by atoms with Crippen LogP contribution in [0.25, 0.3) is 11.1 Å². The van der Waals surface area contributed by atoms with Gasteiger partial charge in [0.15, 0.2) is 17.6 Å². The van der Waals surface area contributed by atoms with Crippen molar-refractivity contribution in [1.82, 2.24) is 15.0 Å². The fourth-order valence-corrected chi connectivity index (χ4v) is 4.84. The lowest BCUT2D eigenvalue weighted by molar-refractivity contribution is -0.775. The van der Waals surface area contributed by atoms with Crippen LogP contribution in [0.3, 0.4) is 0 Å². The molecule has 1 fully saturated rings. The molecule has 1 aromatic carbocycles. The van der Waals surface area contributed by atoms with Gasteiger partial charge in [0.2, 0.25) is 6.20 Å². The quantitative estimate of drug-likeness (QED) is 0.305. The first kappa shape index (κ1) is 26.0. The Balaban J connectivity index is 1.46. The van der Waals surface area contributed by atoms with Crippen molar-refractivity contribution in [3.8, 4) is 16.9 Å². The van der Waals surface area contributed by atoms with E-state index in [2.05, 4.69) is 10.1 Å². The van der Waals surface area contributed by atoms with Crippen LogP contribution >= 0.6 is 23.2 Å². The van der Waals surface area contributed by atoms with Crippen molar-refractivity contribution >= 4 is 35.1 Å². The Hall–Kier alpha value is -3.08. The Morgan fingerprint density at radius 1 is 1.36 bits per heavy atom. The second-order valence-electron chi connectivity index (χ2n) is 8.45. The number of amides is 1. The number of aromatic amines is 1. The van der Waals surface area contributed by atoms with Crippen LogP contribution in [-0.2, 0) is 4.74 Å². The number of nitrogens with zero attached hydrogens (tertiary/aromatic N) is 3. The van der Waals surface area contributed by atoms with Crippen LogP contribution in [0, 0.1) is 5.82 Å². The highest BCUT2D eigenvalue weighted by Gasteiger charge is 2.30. The number of piperidine rings is 1. The van der Waals surface area contributed by atoms with E-state index in [1.807, 2.05) is 17.1 Å². The lowest BCUT2D eigenvalue weighted by Gasteiger charge is -2.27. The number of aliphatic hydroxyl groups is 1. The normalized spacial score (nSPS) is 15.1. The summed E-state index contributed by atoms with van der Waals surface area (Å²) < 4.78 is 26.9. The molecule has 9 nitrogen and oxygen atoms in total. The Bertz CT molecular complexity index is 1230. The number of likely N-dealkylation sites (tertiary alicyclic amines) is 1. The molecule has 1 unspecified atom stereocenters. The number of aliphatic hydroxyl groups excluding tert-OH is 1. The number of carbonyl (C=O) groups excluding carboxylic acids is 1. The minimum absolute atomic E-state index is 0.00405. The number of nitrogen functional groups attached to an aromatic ring is 1. The van der Waals surface area contributed by atoms with Crippen molar-refractivity contribution in [1.29, 1.82) is 0 Å². The van der Waals surface area contributed by atoms with Crippen molar-refractivity contribution in [2.45, 2.75) is 31.9 Å². The summed E-state index contributed by atoms with van der Waals surface area (Å²) in [5.41, 5.74) is 8.01. The molecule has 1 saturated heterocycles. The molecule has 0 radical (unpaired) electrons. The average molecular weight is 539 g/mol. The molecular weight excluding hydrogens is 512 g/mol. The summed E-state index contributed by atoms with van der Waals surface area (Å²) in [5, 5.41) is 12.2. The minimum atomic E-state index is -0.675. The van der Waals surface area contributed by atoms with Crippen LogP contribution in [0.1, 0.15) is 37.5 Å². The van der Waals surface area contributed by atoms with E-state index in [1.165, 1.54) is 12.1 Å². The van der Waals surface area contributed by atoms with Crippen LogP contribution in [-0.4, -0.2) is 52.5 Å². The lowest BCUT2D eigenvalue weighted by Crippen LogP contribution is -2.48.